The molecule has 0 heterocycles. The summed E-state index contributed by atoms with van der Waals surface area (Å²) in [5.41, 5.74) is 3.31. The molecule has 0 spiro atoms. The molecule has 0 atom stereocenters. The quantitative estimate of drug-likeness (QED) is 0.335. The first kappa shape index (κ1) is 25.8. The molecule has 0 radical (unpaired) electrons. The summed E-state index contributed by atoms with van der Waals surface area (Å²) >= 11 is 5.97. The number of benzene rings is 3. The average molecular weight is 495 g/mol. The van der Waals surface area contributed by atoms with Crippen molar-refractivity contribution in [1.82, 2.24) is 0 Å². The molecule has 0 fully saturated rings. The van der Waals surface area contributed by atoms with Crippen LogP contribution in [0.1, 0.15) is 30.4 Å². The highest BCUT2D eigenvalue weighted by molar-refractivity contribution is 6.33. The van der Waals surface area contributed by atoms with Crippen molar-refractivity contribution in [1.29, 1.82) is 0 Å². The van der Waals surface area contributed by atoms with Crippen molar-refractivity contribution in [2.45, 2.75) is 33.1 Å². The summed E-state index contributed by atoms with van der Waals surface area (Å²) in [4.78, 5) is 35.9. The maximum Gasteiger partial charge on any atom is 0.306 e. The molecule has 3 aromatic rings. The molecule has 0 aliphatic heterocycles. The summed E-state index contributed by atoms with van der Waals surface area (Å²) in [6.07, 6.45) is 0.460. The maximum atomic E-state index is 12.2. The number of aryl methyl sites for hydroxylation is 2. The second-order valence-electron chi connectivity index (χ2n) is 8.04. The molecule has 0 saturated heterocycles. The van der Waals surface area contributed by atoms with E-state index in [1.807, 2.05) is 26.0 Å². The van der Waals surface area contributed by atoms with Crippen LogP contribution in [0, 0.1) is 13.8 Å². The van der Waals surface area contributed by atoms with E-state index in [-0.39, 0.29) is 18.7 Å². The van der Waals surface area contributed by atoms with Crippen LogP contribution in [0.2, 0.25) is 5.02 Å². The number of carbonyl (C=O) groups excluding carboxylic acids is 3. The topological polar surface area (TPSA) is 93.7 Å². The van der Waals surface area contributed by atoms with E-state index < -0.39 is 18.5 Å². The summed E-state index contributed by atoms with van der Waals surface area (Å²) in [5.74, 6) is 0.147. The number of nitrogens with one attached hydrogen (secondary N) is 2. The smallest absolute Gasteiger partial charge is 0.306 e. The normalized spacial score (nSPS) is 10.4. The van der Waals surface area contributed by atoms with Gasteiger partial charge in [0.25, 0.3) is 5.91 Å². The molecular weight excluding hydrogens is 468 g/mol. The number of amides is 2. The van der Waals surface area contributed by atoms with Crippen molar-refractivity contribution in [3.05, 3.63) is 82.9 Å². The number of rotatable bonds is 10. The Labute approximate surface area is 209 Å². The van der Waals surface area contributed by atoms with Gasteiger partial charge in [0.15, 0.2) is 6.61 Å². The second-order valence-corrected chi connectivity index (χ2v) is 8.45. The Morgan fingerprint density at radius 2 is 1.49 bits per heavy atom. The standard InChI is InChI=1S/C27H27ClN2O5/c1-18-14-19(2)16-22(15-18)35-21-12-10-20(11-13-21)29-25(31)8-5-9-27(33)34-17-26(32)30-24-7-4-3-6-23(24)28/h3-4,6-7,10-16H,5,8-9,17H2,1-2H3,(H,29,31)(H,30,32). The monoisotopic (exact) mass is 494 g/mol. The van der Waals surface area contributed by atoms with Gasteiger partial charge in [0, 0.05) is 18.5 Å². The van der Waals surface area contributed by atoms with Crippen molar-refractivity contribution in [3.63, 3.8) is 0 Å². The van der Waals surface area contributed by atoms with E-state index in [0.717, 1.165) is 16.9 Å². The minimum Gasteiger partial charge on any atom is -0.457 e. The average Bonchev–Trinajstić information content (AvgIpc) is 2.80. The molecule has 3 rings (SSSR count). The number of hydrogen-bond acceptors (Lipinski definition) is 5. The summed E-state index contributed by atoms with van der Waals surface area (Å²) in [5, 5.41) is 5.74. The molecular formula is C27H27ClN2O5. The fraction of sp³-hybridized carbons (Fsp3) is 0.222. The Morgan fingerprint density at radius 3 is 2.17 bits per heavy atom. The Balaban J connectivity index is 1.35. The third-order valence-corrected chi connectivity index (χ3v) is 5.20. The van der Waals surface area contributed by atoms with Crippen molar-refractivity contribution >= 4 is 40.8 Å². The predicted molar refractivity (Wildman–Crippen MR) is 136 cm³/mol. The van der Waals surface area contributed by atoms with E-state index in [2.05, 4.69) is 16.7 Å². The van der Waals surface area contributed by atoms with Crippen LogP contribution in [0.3, 0.4) is 0 Å². The number of hydrogen-bond donors (Lipinski definition) is 2. The Morgan fingerprint density at radius 1 is 0.800 bits per heavy atom. The van der Waals surface area contributed by atoms with Gasteiger partial charge in [-0.2, -0.15) is 0 Å². The van der Waals surface area contributed by atoms with E-state index in [0.29, 0.717) is 28.6 Å². The molecule has 7 nitrogen and oxygen atoms in total. The summed E-state index contributed by atoms with van der Waals surface area (Å²) in [7, 11) is 0. The van der Waals surface area contributed by atoms with Crippen LogP contribution in [0.25, 0.3) is 0 Å². The van der Waals surface area contributed by atoms with Gasteiger partial charge in [0.2, 0.25) is 5.91 Å². The lowest BCUT2D eigenvalue weighted by Gasteiger charge is -2.10. The molecule has 182 valence electrons. The lowest BCUT2D eigenvalue weighted by Crippen LogP contribution is -2.21. The zero-order valence-electron chi connectivity index (χ0n) is 19.6. The molecule has 8 heteroatoms. The number of para-hydroxylation sites is 1. The first-order valence-corrected chi connectivity index (χ1v) is 11.5. The zero-order chi connectivity index (χ0) is 25.2. The van der Waals surface area contributed by atoms with Crippen molar-refractivity contribution in [3.8, 4) is 11.5 Å². The van der Waals surface area contributed by atoms with Crippen LogP contribution in [0.15, 0.2) is 66.7 Å². The van der Waals surface area contributed by atoms with Gasteiger partial charge in [-0.15, -0.1) is 0 Å². The molecule has 2 amide bonds. The third kappa shape index (κ3) is 8.79. The first-order valence-electron chi connectivity index (χ1n) is 11.1. The molecule has 0 saturated carbocycles. The molecule has 2 N–H and O–H groups in total. The van der Waals surface area contributed by atoms with E-state index in [4.69, 9.17) is 21.1 Å². The number of anilines is 2. The molecule has 0 aliphatic carbocycles. The van der Waals surface area contributed by atoms with Crippen LogP contribution in [0.5, 0.6) is 11.5 Å². The highest BCUT2D eigenvalue weighted by Crippen LogP contribution is 2.25. The molecule has 0 bridgehead atoms. The van der Waals surface area contributed by atoms with Crippen LogP contribution in [0.4, 0.5) is 11.4 Å². The Kier molecular flexibility index (Phi) is 9.26. The second kappa shape index (κ2) is 12.6. The van der Waals surface area contributed by atoms with Gasteiger partial charge in [-0.25, -0.2) is 0 Å². The summed E-state index contributed by atoms with van der Waals surface area (Å²) < 4.78 is 10.8. The zero-order valence-corrected chi connectivity index (χ0v) is 20.4. The van der Waals surface area contributed by atoms with Gasteiger partial charge >= 0.3 is 5.97 Å². The van der Waals surface area contributed by atoms with Crippen molar-refractivity contribution in [2.75, 3.05) is 17.2 Å². The Hall–Kier alpha value is -3.84. The van der Waals surface area contributed by atoms with Gasteiger partial charge in [-0.1, -0.05) is 29.8 Å². The van der Waals surface area contributed by atoms with Crippen LogP contribution in [-0.2, 0) is 19.1 Å². The molecule has 0 aromatic heterocycles. The van der Waals surface area contributed by atoms with E-state index in [1.165, 1.54) is 0 Å². The fourth-order valence-electron chi connectivity index (χ4n) is 3.32. The van der Waals surface area contributed by atoms with Gasteiger partial charge in [0.1, 0.15) is 11.5 Å². The van der Waals surface area contributed by atoms with E-state index in [1.54, 1.807) is 48.5 Å². The first-order chi connectivity index (χ1) is 16.8. The van der Waals surface area contributed by atoms with E-state index >= 15 is 0 Å². The molecule has 3 aromatic carbocycles. The van der Waals surface area contributed by atoms with Crippen molar-refractivity contribution < 1.29 is 23.9 Å². The number of ether oxygens (including phenoxy) is 2. The van der Waals surface area contributed by atoms with Crippen molar-refractivity contribution in [2.24, 2.45) is 0 Å². The summed E-state index contributed by atoms with van der Waals surface area (Å²) in [6, 6.07) is 19.8. The SMILES string of the molecule is Cc1cc(C)cc(Oc2ccc(NC(=O)CCCC(=O)OCC(=O)Nc3ccccc3Cl)cc2)c1. The Bertz CT molecular complexity index is 1170. The van der Waals surface area contributed by atoms with Crippen LogP contribution in [-0.4, -0.2) is 24.4 Å². The largest absolute Gasteiger partial charge is 0.457 e. The highest BCUT2D eigenvalue weighted by atomic mass is 35.5. The minimum atomic E-state index is -0.556. The summed E-state index contributed by atoms with van der Waals surface area (Å²) in [6.45, 7) is 3.60. The maximum absolute atomic E-state index is 12.2. The molecule has 0 aliphatic rings. The number of carbonyl (C=O) groups is 3. The van der Waals surface area contributed by atoms with Crippen LogP contribution < -0.4 is 15.4 Å². The number of esters is 1. The molecule has 0 unspecified atom stereocenters. The lowest BCUT2D eigenvalue weighted by molar-refractivity contribution is -0.147. The predicted octanol–water partition coefficient (Wildman–Crippen LogP) is 6.04. The van der Waals surface area contributed by atoms with Crippen LogP contribution >= 0.6 is 11.6 Å². The van der Waals surface area contributed by atoms with Gasteiger partial charge < -0.3 is 20.1 Å². The fourth-order valence-corrected chi connectivity index (χ4v) is 3.50. The van der Waals surface area contributed by atoms with Gasteiger partial charge in [-0.05, 0) is 79.9 Å². The highest BCUT2D eigenvalue weighted by Gasteiger charge is 2.11. The minimum absolute atomic E-state index is 0.0233. The third-order valence-electron chi connectivity index (χ3n) is 4.87. The van der Waals surface area contributed by atoms with Gasteiger partial charge in [0.05, 0.1) is 10.7 Å². The number of halogens is 1. The van der Waals surface area contributed by atoms with E-state index in [9.17, 15) is 14.4 Å². The molecule has 35 heavy (non-hydrogen) atoms. The van der Waals surface area contributed by atoms with Gasteiger partial charge in [-0.3, -0.25) is 14.4 Å². The lowest BCUT2D eigenvalue weighted by atomic mass is 10.1.